The summed E-state index contributed by atoms with van der Waals surface area (Å²) in [5.41, 5.74) is 24.3. The second-order valence-corrected chi connectivity index (χ2v) is 40.5. The fourth-order valence-electron chi connectivity index (χ4n) is 20.5. The van der Waals surface area contributed by atoms with E-state index in [9.17, 15) is 29.3 Å². The molecule has 0 spiro atoms. The van der Waals surface area contributed by atoms with Crippen LogP contribution in [0.25, 0.3) is 65.4 Å². The summed E-state index contributed by atoms with van der Waals surface area (Å²) < 4.78 is 13.3. The molecule has 0 saturated carbocycles. The van der Waals surface area contributed by atoms with Crippen molar-refractivity contribution in [1.29, 1.82) is 0 Å². The van der Waals surface area contributed by atoms with Crippen molar-refractivity contribution in [3.8, 4) is 11.5 Å². The largest absolute Gasteiger partial charge is 0.496 e. The number of rotatable bonds is 8. The molecule has 8 aliphatic rings. The SMILES string of the molecule is CN(C)c1cc(Cl)c(C2Nc3ccc4ccccc4c3C3=C2C(=O)CC(C)(C)C3)cc1[N+](=O)[O-].COc1cc(C2Nc3ccc4ccccc4c3C3=C2C(=O)CC(C)(C)C3)cc(I)c1C.COc1ccc(C2Nc3ccc4ccccc4c3C3=C2C(=O)CC(C)(C)C3)cc1C.Cc1ccc(C2Nc3ccc4ccccc4c3C3=C2C(=O)CC(C)(C)C3)cc1Br. The Bertz CT molecular complexity index is 6700. The van der Waals surface area contributed by atoms with Crippen LogP contribution >= 0.6 is 50.1 Å². The van der Waals surface area contributed by atoms with Gasteiger partial charge in [-0.1, -0.05) is 222 Å². The number of nitro groups is 1. The van der Waals surface area contributed by atoms with Gasteiger partial charge in [0.1, 0.15) is 17.2 Å². The highest BCUT2D eigenvalue weighted by Gasteiger charge is 2.47. The van der Waals surface area contributed by atoms with Crippen LogP contribution in [0, 0.1) is 56.1 Å². The number of allylic oxidation sites excluding steroid dienone is 4. The van der Waals surface area contributed by atoms with Gasteiger partial charge in [0.2, 0.25) is 0 Å². The van der Waals surface area contributed by atoms with Crippen molar-refractivity contribution in [2.45, 2.75) is 152 Å². The van der Waals surface area contributed by atoms with Crippen LogP contribution in [0.15, 0.2) is 233 Å². The first-order valence-electron chi connectivity index (χ1n) is 42.7. The van der Waals surface area contributed by atoms with E-state index in [0.29, 0.717) is 47.5 Å². The van der Waals surface area contributed by atoms with Gasteiger partial charge in [-0.25, -0.2) is 0 Å². The van der Waals surface area contributed by atoms with Gasteiger partial charge in [-0.15, -0.1) is 0 Å². The highest BCUT2D eigenvalue weighted by Crippen LogP contribution is 2.59. The fraction of sp³-hybridized carbons (Fsp3) is 0.290. The van der Waals surface area contributed by atoms with E-state index < -0.39 is 11.0 Å². The van der Waals surface area contributed by atoms with Gasteiger partial charge >= 0.3 is 0 Å². The number of halogens is 3. The number of ketones is 4. The third-order valence-corrected chi connectivity index (χ3v) is 28.5. The van der Waals surface area contributed by atoms with Crippen molar-refractivity contribution in [3.63, 3.8) is 0 Å². The number of nitrogens with zero attached hydrogens (tertiary/aromatic N) is 2. The number of anilines is 5. The van der Waals surface area contributed by atoms with Crippen LogP contribution in [0.3, 0.4) is 0 Å². The number of aryl methyl sites for hydroxylation is 2. The van der Waals surface area contributed by atoms with E-state index in [-0.39, 0.29) is 68.6 Å². The quantitative estimate of drug-likeness (QED) is 0.0642. The van der Waals surface area contributed by atoms with Gasteiger partial charge in [-0.2, -0.15) is 0 Å². The van der Waals surface area contributed by atoms with Crippen molar-refractivity contribution >= 4 is 173 Å². The molecule has 0 saturated heterocycles. The van der Waals surface area contributed by atoms with Gasteiger partial charge in [0, 0.05) is 137 Å². The van der Waals surface area contributed by atoms with Crippen molar-refractivity contribution in [2.24, 2.45) is 21.7 Å². The summed E-state index contributed by atoms with van der Waals surface area (Å²) in [6, 6.07) is 69.7. The Hall–Kier alpha value is -11.2. The maximum atomic E-state index is 13.6. The number of nitrogens with one attached hydrogen (secondary N) is 4. The molecular formula is C107H103BrClIN6O8. The number of methoxy groups -OCH3 is 2. The van der Waals surface area contributed by atoms with Crippen molar-refractivity contribution in [1.82, 2.24) is 0 Å². The second kappa shape index (κ2) is 32.7. The highest BCUT2D eigenvalue weighted by atomic mass is 127. The van der Waals surface area contributed by atoms with Crippen LogP contribution in [-0.2, 0) is 19.2 Å². The number of fused-ring (bicyclic) bond motifs is 16. The van der Waals surface area contributed by atoms with Gasteiger partial charge in [0.25, 0.3) is 5.69 Å². The van der Waals surface area contributed by atoms with Crippen LogP contribution < -0.4 is 35.6 Å². The molecule has 0 radical (unpaired) electrons. The summed E-state index contributed by atoms with van der Waals surface area (Å²) in [6.07, 6.45) is 5.62. The first-order valence-corrected chi connectivity index (χ1v) is 44.9. The first kappa shape index (κ1) is 85.0. The Balaban J connectivity index is 0.000000117. The van der Waals surface area contributed by atoms with Crippen LogP contribution in [0.1, 0.15) is 192 Å². The lowest BCUT2D eigenvalue weighted by molar-refractivity contribution is -0.384. The summed E-state index contributed by atoms with van der Waals surface area (Å²) in [7, 11) is 6.88. The van der Waals surface area contributed by atoms with Crippen LogP contribution in [0.4, 0.5) is 34.1 Å². The lowest BCUT2D eigenvalue weighted by Crippen LogP contribution is -2.33. The number of hydrogen-bond donors (Lipinski definition) is 4. The summed E-state index contributed by atoms with van der Waals surface area (Å²) in [5.74, 6) is 2.55. The average Bonchev–Trinajstić information content (AvgIpc) is 0.739. The molecule has 14 nitrogen and oxygen atoms in total. The van der Waals surface area contributed by atoms with Crippen molar-refractivity contribution in [2.75, 3.05) is 54.5 Å². The number of ether oxygens (including phenoxy) is 2. The molecule has 0 amide bonds. The van der Waals surface area contributed by atoms with E-state index in [0.717, 1.165) is 134 Å². The maximum absolute atomic E-state index is 13.6. The molecule has 4 N–H and O–H groups in total. The Labute approximate surface area is 752 Å². The Morgan fingerprint density at radius 3 is 1.12 bits per heavy atom. The minimum absolute atomic E-state index is 0.0279. The van der Waals surface area contributed by atoms with Gasteiger partial charge in [-0.05, 0) is 245 Å². The summed E-state index contributed by atoms with van der Waals surface area (Å²) in [5, 5.41) is 36.4. The molecule has 124 heavy (non-hydrogen) atoms. The number of hydrogen-bond acceptors (Lipinski definition) is 13. The summed E-state index contributed by atoms with van der Waals surface area (Å²) in [4.78, 5) is 67.2. The molecular weight excluding hydrogens is 1740 g/mol. The molecule has 4 atom stereocenters. The zero-order valence-corrected chi connectivity index (χ0v) is 77.4. The molecule has 20 rings (SSSR count). The van der Waals surface area contributed by atoms with Gasteiger partial charge in [0.15, 0.2) is 23.1 Å². The highest BCUT2D eigenvalue weighted by molar-refractivity contribution is 14.1. The van der Waals surface area contributed by atoms with Gasteiger partial charge in [-0.3, -0.25) is 29.3 Å². The lowest BCUT2D eigenvalue weighted by atomic mass is 9.68. The smallest absolute Gasteiger partial charge is 0.292 e. The fourth-order valence-corrected chi connectivity index (χ4v) is 21.8. The average molecular weight is 1840 g/mol. The molecule has 4 heterocycles. The molecule has 12 aromatic carbocycles. The predicted molar refractivity (Wildman–Crippen MR) is 521 cm³/mol. The molecule has 17 heteroatoms. The minimum Gasteiger partial charge on any atom is -0.496 e. The second-order valence-electron chi connectivity index (χ2n) is 38.1. The van der Waals surface area contributed by atoms with E-state index in [2.05, 4.69) is 299 Å². The molecule has 4 aliphatic carbocycles. The van der Waals surface area contributed by atoms with Crippen molar-refractivity contribution < 1.29 is 33.6 Å². The van der Waals surface area contributed by atoms with E-state index in [1.165, 1.54) is 77.4 Å². The molecule has 0 aromatic heterocycles. The summed E-state index contributed by atoms with van der Waals surface area (Å²) >= 11 is 12.7. The normalized spacial score (nSPS) is 19.6. The number of carbonyl (C=O) groups is 4. The van der Waals surface area contributed by atoms with Crippen molar-refractivity contribution in [3.05, 3.63) is 313 Å². The van der Waals surface area contributed by atoms with E-state index in [1.54, 1.807) is 39.3 Å². The third-order valence-electron chi connectivity index (χ3n) is 26.2. The lowest BCUT2D eigenvalue weighted by Gasteiger charge is -2.40. The molecule has 630 valence electrons. The minimum atomic E-state index is -0.560. The maximum Gasteiger partial charge on any atom is 0.292 e. The van der Waals surface area contributed by atoms with Crippen LogP contribution in [0.5, 0.6) is 11.5 Å². The van der Waals surface area contributed by atoms with E-state index in [1.807, 2.05) is 31.2 Å². The number of carbonyl (C=O) groups excluding carboxylic acids is 4. The molecule has 12 aromatic rings. The Kier molecular flexibility index (Phi) is 22.4. The number of benzene rings is 12. The summed E-state index contributed by atoms with van der Waals surface area (Å²) in [6.45, 7) is 23.7. The monoisotopic (exact) mass is 1840 g/mol. The molecule has 0 bridgehead atoms. The van der Waals surface area contributed by atoms with Crippen LogP contribution in [0.2, 0.25) is 5.02 Å². The van der Waals surface area contributed by atoms with Crippen LogP contribution in [-0.4, -0.2) is 56.4 Å². The van der Waals surface area contributed by atoms with Gasteiger partial charge < -0.3 is 35.6 Å². The number of Topliss-reactive ketones (excluding diaryl/α,β-unsaturated/α-hetero) is 4. The number of nitro benzene ring substituents is 1. The third kappa shape index (κ3) is 15.8. The topological polar surface area (TPSA) is 181 Å². The predicted octanol–water partition coefficient (Wildman–Crippen LogP) is 27.5. The molecule has 4 aliphatic heterocycles. The van der Waals surface area contributed by atoms with E-state index >= 15 is 0 Å². The molecule has 0 fully saturated rings. The zero-order chi connectivity index (χ0) is 87.7. The molecule has 4 unspecified atom stereocenters. The standard InChI is InChI=1S/C27H26ClN3O3.C27H26INO2.C27H27NO2.C26H24BrNO/c1-27(2)13-18-24-16-8-6-5-7-15(16)9-10-20(24)29-26(25(18)23(32)14-27)17-11-22(31(33)34)21(30(3)4)12-19(17)28;1-15-20(28)11-17(12-23(15)31-4)26-25-19(13-27(2,3)14-22(25)30)24-18-8-6-5-7-16(18)9-10-21(24)29-26;1-16-13-18(10-12-23(16)30-4)26-25-20(14-27(2,3)15-22(25)29)24-19-8-6-5-7-17(19)9-11-21(24)28-26;1-15-8-9-17(12-20(15)27)25-24-19(13-26(2,3)14-22(24)29)23-18-7-5-4-6-16(18)10-11-21(23)28-25/h5-12,26,29H,13-14H2,1-4H3;5-12,26,29H,13-14H2,1-4H3;5-13,26,28H,14-15H2,1-4H3;4-12,25,28H,13-14H2,1-3H3. The van der Waals surface area contributed by atoms with E-state index in [4.69, 9.17) is 21.1 Å². The first-order chi connectivity index (χ1) is 59.1. The zero-order valence-electron chi connectivity index (χ0n) is 72.9. The van der Waals surface area contributed by atoms with Gasteiger partial charge in [0.05, 0.1) is 43.3 Å². The Morgan fingerprint density at radius 1 is 0.419 bits per heavy atom. The Morgan fingerprint density at radius 2 is 0.766 bits per heavy atom.